The fourth-order valence-electron chi connectivity index (χ4n) is 1.06. The number of carbonyl (C=O) groups is 4. The zero-order valence-corrected chi connectivity index (χ0v) is 8.23. The van der Waals surface area contributed by atoms with Gasteiger partial charge in [-0.15, -0.1) is 0 Å². The van der Waals surface area contributed by atoms with Gasteiger partial charge in [-0.3, -0.25) is 19.2 Å². The Balaban J connectivity index is 4.36. The maximum atomic E-state index is 11.3. The van der Waals surface area contributed by atoms with Crippen molar-refractivity contribution in [1.29, 1.82) is 0 Å². The molecule has 0 saturated carbocycles. The highest BCUT2D eigenvalue weighted by Gasteiger charge is 2.25. The van der Waals surface area contributed by atoms with E-state index >= 15 is 0 Å². The Morgan fingerprint density at radius 2 is 1.53 bits per heavy atom. The summed E-state index contributed by atoms with van der Waals surface area (Å²) in [6.45, 7) is 1.12. The first-order valence-corrected chi connectivity index (χ1v) is 4.31. The molecule has 0 aliphatic rings. The number of rotatable bonds is 7. The fourth-order valence-corrected chi connectivity index (χ4v) is 1.06. The van der Waals surface area contributed by atoms with Gasteiger partial charge in [0.15, 0.2) is 0 Å². The Morgan fingerprint density at radius 3 is 1.87 bits per heavy atom. The number of ketones is 2. The molecule has 6 heteroatoms. The average molecular weight is 216 g/mol. The smallest absolute Gasteiger partial charge is 0.304 e. The van der Waals surface area contributed by atoms with Gasteiger partial charge < -0.3 is 10.2 Å². The maximum absolute atomic E-state index is 11.3. The van der Waals surface area contributed by atoms with Gasteiger partial charge in [0.1, 0.15) is 11.6 Å². The van der Waals surface area contributed by atoms with Crippen molar-refractivity contribution in [2.45, 2.75) is 26.2 Å². The van der Waals surface area contributed by atoms with E-state index in [0.717, 1.165) is 6.92 Å². The lowest BCUT2D eigenvalue weighted by Gasteiger charge is -2.08. The van der Waals surface area contributed by atoms with Gasteiger partial charge in [0, 0.05) is 6.42 Å². The van der Waals surface area contributed by atoms with Crippen LogP contribution in [0.5, 0.6) is 0 Å². The van der Waals surface area contributed by atoms with Crippen LogP contribution in [0.15, 0.2) is 0 Å². The summed E-state index contributed by atoms with van der Waals surface area (Å²) >= 11 is 0. The molecular formula is C9H12O6. The maximum Gasteiger partial charge on any atom is 0.304 e. The lowest BCUT2D eigenvalue weighted by molar-refractivity contribution is -0.144. The van der Waals surface area contributed by atoms with Crippen LogP contribution in [0.4, 0.5) is 0 Å². The molecule has 0 aromatic heterocycles. The molecule has 0 rings (SSSR count). The highest BCUT2D eigenvalue weighted by Crippen LogP contribution is 2.10. The number of hydrogen-bond acceptors (Lipinski definition) is 4. The second kappa shape index (κ2) is 5.90. The summed E-state index contributed by atoms with van der Waals surface area (Å²) in [7, 11) is 0. The number of hydrogen-bond donors (Lipinski definition) is 2. The van der Waals surface area contributed by atoms with E-state index in [9.17, 15) is 19.2 Å². The van der Waals surface area contributed by atoms with Crippen LogP contribution in [-0.2, 0) is 19.2 Å². The molecule has 0 amide bonds. The largest absolute Gasteiger partial charge is 0.481 e. The molecule has 2 N–H and O–H groups in total. The van der Waals surface area contributed by atoms with E-state index in [-0.39, 0.29) is 12.8 Å². The standard InChI is InChI=1S/C9H12O6/c1-5(10)6(4-9(14)15)7(11)2-3-8(12)13/h6H,2-4H2,1H3,(H,12,13)(H,14,15). The van der Waals surface area contributed by atoms with Crippen LogP contribution in [0.25, 0.3) is 0 Å². The molecule has 1 atom stereocenters. The van der Waals surface area contributed by atoms with Crippen LogP contribution in [0.2, 0.25) is 0 Å². The minimum atomic E-state index is -1.25. The topological polar surface area (TPSA) is 109 Å². The summed E-state index contributed by atoms with van der Waals surface area (Å²) in [6, 6.07) is 0. The Kier molecular flexibility index (Phi) is 5.22. The zero-order chi connectivity index (χ0) is 12.0. The zero-order valence-electron chi connectivity index (χ0n) is 8.23. The molecule has 1 unspecified atom stereocenters. The predicted octanol–water partition coefficient (Wildman–Crippen LogP) is 0.100. The predicted molar refractivity (Wildman–Crippen MR) is 48.3 cm³/mol. The van der Waals surface area contributed by atoms with Crippen LogP contribution in [0, 0.1) is 5.92 Å². The van der Waals surface area contributed by atoms with Crippen molar-refractivity contribution >= 4 is 23.5 Å². The molecular weight excluding hydrogens is 204 g/mol. The van der Waals surface area contributed by atoms with Gasteiger partial charge in [0.05, 0.1) is 18.8 Å². The van der Waals surface area contributed by atoms with E-state index in [1.165, 1.54) is 0 Å². The lowest BCUT2D eigenvalue weighted by Crippen LogP contribution is -2.25. The van der Waals surface area contributed by atoms with Crippen LogP contribution in [0.3, 0.4) is 0 Å². The minimum absolute atomic E-state index is 0.313. The van der Waals surface area contributed by atoms with Crippen molar-refractivity contribution in [2.75, 3.05) is 0 Å². The number of Topliss-reactive ketones (excluding diaryl/α,β-unsaturated/α-hetero) is 2. The monoisotopic (exact) mass is 216 g/mol. The van der Waals surface area contributed by atoms with Gasteiger partial charge in [-0.2, -0.15) is 0 Å². The first kappa shape index (κ1) is 13.3. The van der Waals surface area contributed by atoms with E-state index in [2.05, 4.69) is 0 Å². The Bertz CT molecular complexity index is 293. The molecule has 84 valence electrons. The van der Waals surface area contributed by atoms with Crippen molar-refractivity contribution in [1.82, 2.24) is 0 Å². The quantitative estimate of drug-likeness (QED) is 0.584. The van der Waals surface area contributed by atoms with Crippen LogP contribution >= 0.6 is 0 Å². The van der Waals surface area contributed by atoms with Crippen molar-refractivity contribution in [3.63, 3.8) is 0 Å². The highest BCUT2D eigenvalue weighted by atomic mass is 16.4. The van der Waals surface area contributed by atoms with E-state index in [1.54, 1.807) is 0 Å². The number of carboxylic acid groups (broad SMARTS) is 2. The Morgan fingerprint density at radius 1 is 1.00 bits per heavy atom. The summed E-state index contributed by atoms with van der Waals surface area (Å²) < 4.78 is 0. The summed E-state index contributed by atoms with van der Waals surface area (Å²) in [5.41, 5.74) is 0. The minimum Gasteiger partial charge on any atom is -0.481 e. The molecule has 0 saturated heterocycles. The third-order valence-corrected chi connectivity index (χ3v) is 1.84. The summed E-state index contributed by atoms with van der Waals surface area (Å²) in [5, 5.41) is 16.7. The molecule has 6 nitrogen and oxygen atoms in total. The third-order valence-electron chi connectivity index (χ3n) is 1.84. The van der Waals surface area contributed by atoms with E-state index in [4.69, 9.17) is 10.2 Å². The van der Waals surface area contributed by atoms with Gasteiger partial charge in [-0.05, 0) is 6.92 Å². The van der Waals surface area contributed by atoms with Crippen molar-refractivity contribution < 1.29 is 29.4 Å². The average Bonchev–Trinajstić information content (AvgIpc) is 2.09. The molecule has 0 aliphatic carbocycles. The number of carbonyl (C=O) groups excluding carboxylic acids is 2. The molecule has 0 radical (unpaired) electrons. The normalized spacial score (nSPS) is 11.8. The molecule has 15 heavy (non-hydrogen) atoms. The Labute approximate surface area is 85.9 Å². The van der Waals surface area contributed by atoms with Crippen LogP contribution < -0.4 is 0 Å². The Hall–Kier alpha value is -1.72. The second-order valence-corrected chi connectivity index (χ2v) is 3.12. The van der Waals surface area contributed by atoms with Gasteiger partial charge in [0.2, 0.25) is 0 Å². The summed E-state index contributed by atoms with van der Waals surface area (Å²) in [5.74, 6) is -4.80. The van der Waals surface area contributed by atoms with E-state index < -0.39 is 35.8 Å². The molecule has 0 aliphatic heterocycles. The number of aliphatic carboxylic acids is 2. The van der Waals surface area contributed by atoms with Crippen LogP contribution in [0.1, 0.15) is 26.2 Å². The molecule has 0 heterocycles. The van der Waals surface area contributed by atoms with Gasteiger partial charge in [-0.25, -0.2) is 0 Å². The summed E-state index contributed by atoms with van der Waals surface area (Å²) in [6.07, 6.45) is -1.27. The SMILES string of the molecule is CC(=O)C(CC(=O)O)C(=O)CCC(=O)O. The van der Waals surface area contributed by atoms with E-state index in [1.807, 2.05) is 0 Å². The second-order valence-electron chi connectivity index (χ2n) is 3.12. The molecule has 0 fully saturated rings. The van der Waals surface area contributed by atoms with Gasteiger partial charge in [0.25, 0.3) is 0 Å². The third kappa shape index (κ3) is 5.56. The first-order chi connectivity index (χ1) is 6.84. The fraction of sp³-hybridized carbons (Fsp3) is 0.556. The highest BCUT2D eigenvalue weighted by molar-refractivity contribution is 6.04. The molecule has 0 aromatic rings. The summed E-state index contributed by atoms with van der Waals surface area (Å²) in [4.78, 5) is 42.7. The van der Waals surface area contributed by atoms with Gasteiger partial charge in [-0.1, -0.05) is 0 Å². The van der Waals surface area contributed by atoms with Crippen LogP contribution in [-0.4, -0.2) is 33.7 Å². The molecule has 0 bridgehead atoms. The van der Waals surface area contributed by atoms with Crippen molar-refractivity contribution in [3.05, 3.63) is 0 Å². The lowest BCUT2D eigenvalue weighted by atomic mass is 9.93. The molecule has 0 spiro atoms. The van der Waals surface area contributed by atoms with Crippen molar-refractivity contribution in [2.24, 2.45) is 5.92 Å². The van der Waals surface area contributed by atoms with E-state index in [0.29, 0.717) is 0 Å². The van der Waals surface area contributed by atoms with Crippen molar-refractivity contribution in [3.8, 4) is 0 Å². The number of carboxylic acids is 2. The van der Waals surface area contributed by atoms with Gasteiger partial charge >= 0.3 is 11.9 Å². The first-order valence-electron chi connectivity index (χ1n) is 4.31. The molecule has 0 aromatic carbocycles.